The van der Waals surface area contributed by atoms with Gasteiger partial charge in [-0.3, -0.25) is 4.79 Å². The number of benzene rings is 1. The van der Waals surface area contributed by atoms with Crippen LogP contribution in [0.15, 0.2) is 24.3 Å². The average molecular weight is 432 g/mol. The number of halogens is 1. The highest BCUT2D eigenvalue weighted by Gasteiger charge is 2.25. The van der Waals surface area contributed by atoms with E-state index >= 15 is 0 Å². The van der Waals surface area contributed by atoms with Crippen molar-refractivity contribution in [2.45, 2.75) is 32.2 Å². The summed E-state index contributed by atoms with van der Waals surface area (Å²) in [5, 5.41) is 24.0. The standard InChI is InChI=1S/C20H25N7O2.ClH/c1-2-3-15-9-18(27-5-4-16(11-27)23-19(29)12-28)26-20(24-15)25-17-7-13(10-21)6-14(22)8-17;/h6-9,16,28H,2-5,11-12,22H2,1H3,(H,23,29)(H,24,25,26);1H. The first kappa shape index (κ1) is 23.2. The summed E-state index contributed by atoms with van der Waals surface area (Å²) in [4.78, 5) is 22.7. The van der Waals surface area contributed by atoms with Gasteiger partial charge < -0.3 is 26.4 Å². The Hall–Kier alpha value is -3.09. The highest BCUT2D eigenvalue weighted by Crippen LogP contribution is 2.24. The third kappa shape index (κ3) is 5.95. The van der Waals surface area contributed by atoms with Crippen molar-refractivity contribution in [3.63, 3.8) is 0 Å². The molecule has 2 heterocycles. The van der Waals surface area contributed by atoms with Crippen molar-refractivity contribution in [1.82, 2.24) is 15.3 Å². The number of aliphatic hydroxyl groups is 1. The average Bonchev–Trinajstić information content (AvgIpc) is 3.16. The lowest BCUT2D eigenvalue weighted by atomic mass is 10.2. The number of nitrogens with one attached hydrogen (secondary N) is 2. The van der Waals surface area contributed by atoms with Crippen molar-refractivity contribution in [1.29, 1.82) is 5.26 Å². The van der Waals surface area contributed by atoms with E-state index in [1.807, 2.05) is 6.07 Å². The quantitative estimate of drug-likeness (QED) is 0.486. The van der Waals surface area contributed by atoms with Crippen molar-refractivity contribution < 1.29 is 9.90 Å². The van der Waals surface area contributed by atoms with E-state index in [1.54, 1.807) is 18.2 Å². The molecule has 9 nitrogen and oxygen atoms in total. The summed E-state index contributed by atoms with van der Waals surface area (Å²) in [5.74, 6) is 0.836. The Kier molecular flexibility index (Phi) is 8.21. The largest absolute Gasteiger partial charge is 0.399 e. The summed E-state index contributed by atoms with van der Waals surface area (Å²) >= 11 is 0. The van der Waals surface area contributed by atoms with Gasteiger partial charge in [-0.15, -0.1) is 12.4 Å². The molecular formula is C20H26ClN7O2. The van der Waals surface area contributed by atoms with Gasteiger partial charge in [-0.2, -0.15) is 10.2 Å². The van der Waals surface area contributed by atoms with E-state index in [0.29, 0.717) is 29.4 Å². The van der Waals surface area contributed by atoms with E-state index in [4.69, 9.17) is 16.1 Å². The topological polar surface area (TPSA) is 140 Å². The Balaban J connectivity index is 0.00000320. The number of carbonyl (C=O) groups is 1. The Morgan fingerprint density at radius 3 is 2.87 bits per heavy atom. The molecule has 0 saturated carbocycles. The Labute approximate surface area is 181 Å². The van der Waals surface area contributed by atoms with Gasteiger partial charge in [-0.05, 0) is 31.0 Å². The summed E-state index contributed by atoms with van der Waals surface area (Å²) in [7, 11) is 0. The molecule has 0 spiro atoms. The number of anilines is 4. The molecule has 3 rings (SSSR count). The van der Waals surface area contributed by atoms with Crippen LogP contribution in [0, 0.1) is 11.3 Å². The lowest BCUT2D eigenvalue weighted by Gasteiger charge is -2.19. The van der Waals surface area contributed by atoms with Gasteiger partial charge >= 0.3 is 0 Å². The van der Waals surface area contributed by atoms with Crippen molar-refractivity contribution in [3.8, 4) is 6.07 Å². The van der Waals surface area contributed by atoms with Crippen molar-refractivity contribution in [2.75, 3.05) is 35.6 Å². The molecule has 0 radical (unpaired) electrons. The fraction of sp³-hybridized carbons (Fsp3) is 0.400. The van der Waals surface area contributed by atoms with E-state index in [0.717, 1.165) is 37.3 Å². The smallest absolute Gasteiger partial charge is 0.245 e. The number of aryl methyl sites for hydroxylation is 1. The molecular weight excluding hydrogens is 406 g/mol. The molecule has 1 saturated heterocycles. The second-order valence-corrected chi connectivity index (χ2v) is 7.03. The summed E-state index contributed by atoms with van der Waals surface area (Å²) in [6.07, 6.45) is 2.54. The molecule has 5 N–H and O–H groups in total. The summed E-state index contributed by atoms with van der Waals surface area (Å²) < 4.78 is 0. The maximum absolute atomic E-state index is 11.4. The number of hydrogen-bond acceptors (Lipinski definition) is 8. The van der Waals surface area contributed by atoms with Crippen LogP contribution in [0.3, 0.4) is 0 Å². The van der Waals surface area contributed by atoms with Crippen molar-refractivity contribution in [3.05, 3.63) is 35.5 Å². The van der Waals surface area contributed by atoms with E-state index < -0.39 is 6.61 Å². The first-order chi connectivity index (χ1) is 14.0. The van der Waals surface area contributed by atoms with Crippen LogP contribution >= 0.6 is 12.4 Å². The zero-order valence-electron chi connectivity index (χ0n) is 16.8. The third-order valence-corrected chi connectivity index (χ3v) is 4.63. The second-order valence-electron chi connectivity index (χ2n) is 7.03. The summed E-state index contributed by atoms with van der Waals surface area (Å²) in [6.45, 7) is 2.94. The highest BCUT2D eigenvalue weighted by molar-refractivity contribution is 5.85. The molecule has 1 aromatic carbocycles. The van der Waals surface area contributed by atoms with Crippen LogP contribution in [0.25, 0.3) is 0 Å². The van der Waals surface area contributed by atoms with Gasteiger partial charge in [0, 0.05) is 42.3 Å². The molecule has 1 fully saturated rings. The van der Waals surface area contributed by atoms with E-state index in [1.165, 1.54) is 0 Å². The third-order valence-electron chi connectivity index (χ3n) is 4.63. The molecule has 1 aliphatic heterocycles. The highest BCUT2D eigenvalue weighted by atomic mass is 35.5. The maximum Gasteiger partial charge on any atom is 0.245 e. The molecule has 0 bridgehead atoms. The van der Waals surface area contributed by atoms with Gasteiger partial charge in [0.05, 0.1) is 11.6 Å². The van der Waals surface area contributed by atoms with Gasteiger partial charge in [0.25, 0.3) is 0 Å². The number of aliphatic hydroxyl groups excluding tert-OH is 1. The zero-order chi connectivity index (χ0) is 20.8. The van der Waals surface area contributed by atoms with E-state index in [2.05, 4.69) is 38.5 Å². The van der Waals surface area contributed by atoms with Crippen LogP contribution in [0.5, 0.6) is 0 Å². The maximum atomic E-state index is 11.4. The van der Waals surface area contributed by atoms with Gasteiger partial charge in [0.15, 0.2) is 0 Å². The number of rotatable bonds is 7. The molecule has 0 aliphatic carbocycles. The number of nitriles is 1. The SMILES string of the molecule is CCCc1cc(N2CCC(NC(=O)CO)C2)nc(Nc2cc(N)cc(C#N)c2)n1.Cl. The molecule has 1 amide bonds. The fourth-order valence-electron chi connectivity index (χ4n) is 3.36. The minimum absolute atomic E-state index is 0. The van der Waals surface area contributed by atoms with Crippen LogP contribution in [0.2, 0.25) is 0 Å². The summed E-state index contributed by atoms with van der Waals surface area (Å²) in [5.41, 5.74) is 8.37. The number of amides is 1. The Morgan fingerprint density at radius 1 is 1.37 bits per heavy atom. The van der Waals surface area contributed by atoms with E-state index in [9.17, 15) is 4.79 Å². The predicted octanol–water partition coefficient (Wildman–Crippen LogP) is 1.74. The number of nitrogens with two attached hydrogens (primary N) is 1. The van der Waals surface area contributed by atoms with Gasteiger partial charge in [-0.25, -0.2) is 4.98 Å². The van der Waals surface area contributed by atoms with Gasteiger partial charge in [-0.1, -0.05) is 13.3 Å². The predicted molar refractivity (Wildman–Crippen MR) is 118 cm³/mol. The molecule has 10 heteroatoms. The van der Waals surface area contributed by atoms with E-state index in [-0.39, 0.29) is 24.4 Å². The van der Waals surface area contributed by atoms with Crippen LogP contribution in [-0.4, -0.2) is 46.7 Å². The number of hydrogen-bond donors (Lipinski definition) is 4. The van der Waals surface area contributed by atoms with Crippen LogP contribution < -0.4 is 21.3 Å². The normalized spacial score (nSPS) is 15.2. The number of carbonyl (C=O) groups excluding carboxylic acids is 1. The number of aromatic nitrogens is 2. The second kappa shape index (κ2) is 10.6. The van der Waals surface area contributed by atoms with Gasteiger partial charge in [0.1, 0.15) is 12.4 Å². The van der Waals surface area contributed by atoms with Crippen molar-refractivity contribution in [2.24, 2.45) is 0 Å². The van der Waals surface area contributed by atoms with Crippen LogP contribution in [0.4, 0.5) is 23.1 Å². The molecule has 2 aromatic rings. The van der Waals surface area contributed by atoms with Gasteiger partial charge in [0.2, 0.25) is 11.9 Å². The lowest BCUT2D eigenvalue weighted by Crippen LogP contribution is -2.38. The molecule has 1 aromatic heterocycles. The lowest BCUT2D eigenvalue weighted by molar-refractivity contribution is -0.124. The molecule has 1 atom stereocenters. The van der Waals surface area contributed by atoms with Crippen LogP contribution in [-0.2, 0) is 11.2 Å². The monoisotopic (exact) mass is 431 g/mol. The minimum Gasteiger partial charge on any atom is -0.399 e. The fourth-order valence-corrected chi connectivity index (χ4v) is 3.36. The number of nitrogens with zero attached hydrogens (tertiary/aromatic N) is 4. The first-order valence-electron chi connectivity index (χ1n) is 9.61. The minimum atomic E-state index is -0.510. The number of nitrogen functional groups attached to an aromatic ring is 1. The molecule has 30 heavy (non-hydrogen) atoms. The first-order valence-corrected chi connectivity index (χ1v) is 9.61. The summed E-state index contributed by atoms with van der Waals surface area (Å²) in [6, 6.07) is 9.06. The van der Waals surface area contributed by atoms with Crippen LogP contribution in [0.1, 0.15) is 31.0 Å². The molecule has 1 unspecified atom stereocenters. The zero-order valence-corrected chi connectivity index (χ0v) is 17.6. The van der Waals surface area contributed by atoms with Crippen molar-refractivity contribution >= 4 is 41.5 Å². The molecule has 160 valence electrons. The Bertz CT molecular complexity index is 932. The molecule has 1 aliphatic rings. The Morgan fingerprint density at radius 2 is 2.17 bits per heavy atom.